The lowest BCUT2D eigenvalue weighted by Crippen LogP contribution is -2.39. The molecule has 18 heavy (non-hydrogen) atoms. The Morgan fingerprint density at radius 2 is 2.44 bits per heavy atom. The molecular formula is C10H15N5O3. The van der Waals surface area contributed by atoms with Crippen LogP contribution in [-0.2, 0) is 0 Å². The molecule has 0 bridgehead atoms. The van der Waals surface area contributed by atoms with E-state index in [-0.39, 0.29) is 11.5 Å². The first-order valence-corrected chi connectivity index (χ1v) is 5.74. The number of nitro groups is 1. The molecule has 0 saturated carbocycles. The van der Waals surface area contributed by atoms with Crippen LogP contribution in [0.2, 0.25) is 0 Å². The minimum absolute atomic E-state index is 0.136. The summed E-state index contributed by atoms with van der Waals surface area (Å²) in [4.78, 5) is 20.1. The number of nitrogens with one attached hydrogen (secondary N) is 1. The molecule has 1 aromatic rings. The number of hydrogen-bond donors (Lipinski definition) is 2. The van der Waals surface area contributed by atoms with Crippen LogP contribution in [0.4, 0.5) is 17.5 Å². The van der Waals surface area contributed by atoms with Gasteiger partial charge in [-0.25, -0.2) is 4.98 Å². The maximum atomic E-state index is 11.0. The normalized spacial score (nSPS) is 19.7. The van der Waals surface area contributed by atoms with Gasteiger partial charge in [-0.2, -0.15) is 4.98 Å². The fourth-order valence-electron chi connectivity index (χ4n) is 2.00. The standard InChI is InChI=1S/C10H15N5O3/c1-11-10-12-5-8(15(17)18)9(13-10)14-4-2-3-7(16)6-14/h5,7,16H,2-4,6H2,1H3,(H,11,12,13). The zero-order valence-electron chi connectivity index (χ0n) is 10.0. The van der Waals surface area contributed by atoms with Gasteiger partial charge in [0, 0.05) is 20.1 Å². The van der Waals surface area contributed by atoms with E-state index in [1.54, 1.807) is 11.9 Å². The Bertz CT molecular complexity index is 453. The molecule has 1 unspecified atom stereocenters. The number of piperidine rings is 1. The fraction of sp³-hybridized carbons (Fsp3) is 0.600. The molecule has 2 N–H and O–H groups in total. The van der Waals surface area contributed by atoms with Crippen molar-refractivity contribution in [3.05, 3.63) is 16.3 Å². The van der Waals surface area contributed by atoms with E-state index in [0.717, 1.165) is 6.42 Å². The third-order valence-corrected chi connectivity index (χ3v) is 2.87. The van der Waals surface area contributed by atoms with E-state index in [2.05, 4.69) is 15.3 Å². The Morgan fingerprint density at radius 3 is 3.06 bits per heavy atom. The summed E-state index contributed by atoms with van der Waals surface area (Å²) in [7, 11) is 1.65. The monoisotopic (exact) mass is 253 g/mol. The summed E-state index contributed by atoms with van der Waals surface area (Å²) in [6, 6.07) is 0. The summed E-state index contributed by atoms with van der Waals surface area (Å²) in [5, 5.41) is 23.3. The lowest BCUT2D eigenvalue weighted by molar-refractivity contribution is -0.384. The van der Waals surface area contributed by atoms with Gasteiger partial charge in [-0.3, -0.25) is 10.1 Å². The minimum Gasteiger partial charge on any atom is -0.391 e. The van der Waals surface area contributed by atoms with Gasteiger partial charge in [0.15, 0.2) is 0 Å². The molecule has 98 valence electrons. The number of aromatic nitrogens is 2. The number of aliphatic hydroxyl groups excluding tert-OH is 1. The van der Waals surface area contributed by atoms with Gasteiger partial charge < -0.3 is 15.3 Å². The molecule has 0 amide bonds. The summed E-state index contributed by atoms with van der Waals surface area (Å²) < 4.78 is 0. The van der Waals surface area contributed by atoms with Crippen LogP contribution in [0.1, 0.15) is 12.8 Å². The van der Waals surface area contributed by atoms with Gasteiger partial charge >= 0.3 is 5.69 Å². The van der Waals surface area contributed by atoms with Crippen LogP contribution in [0.25, 0.3) is 0 Å². The Labute approximate surface area is 104 Å². The van der Waals surface area contributed by atoms with E-state index in [4.69, 9.17) is 0 Å². The highest BCUT2D eigenvalue weighted by atomic mass is 16.6. The van der Waals surface area contributed by atoms with Crippen molar-refractivity contribution in [2.45, 2.75) is 18.9 Å². The van der Waals surface area contributed by atoms with Crippen molar-refractivity contribution in [3.63, 3.8) is 0 Å². The average Bonchev–Trinajstić information content (AvgIpc) is 2.38. The van der Waals surface area contributed by atoms with Crippen LogP contribution in [0.3, 0.4) is 0 Å². The summed E-state index contributed by atoms with van der Waals surface area (Å²) >= 11 is 0. The molecule has 0 aliphatic carbocycles. The van der Waals surface area contributed by atoms with Gasteiger partial charge in [0.2, 0.25) is 11.8 Å². The zero-order chi connectivity index (χ0) is 13.1. The summed E-state index contributed by atoms with van der Waals surface area (Å²) in [6.07, 6.45) is 2.23. The van der Waals surface area contributed by atoms with Crippen molar-refractivity contribution in [1.82, 2.24) is 9.97 Å². The van der Waals surface area contributed by atoms with Gasteiger partial charge in [0.25, 0.3) is 0 Å². The molecule has 8 nitrogen and oxygen atoms in total. The smallest absolute Gasteiger partial charge is 0.329 e. The van der Waals surface area contributed by atoms with Gasteiger partial charge in [0.05, 0.1) is 11.0 Å². The van der Waals surface area contributed by atoms with E-state index in [0.29, 0.717) is 25.5 Å². The molecule has 2 rings (SSSR count). The maximum absolute atomic E-state index is 11.0. The van der Waals surface area contributed by atoms with Crippen molar-refractivity contribution in [3.8, 4) is 0 Å². The van der Waals surface area contributed by atoms with Gasteiger partial charge in [0.1, 0.15) is 6.20 Å². The van der Waals surface area contributed by atoms with Crippen molar-refractivity contribution in [1.29, 1.82) is 0 Å². The second-order valence-electron chi connectivity index (χ2n) is 4.15. The molecule has 0 aromatic carbocycles. The third-order valence-electron chi connectivity index (χ3n) is 2.87. The topological polar surface area (TPSA) is 104 Å². The molecule has 1 aromatic heterocycles. The number of anilines is 2. The first-order valence-electron chi connectivity index (χ1n) is 5.74. The quantitative estimate of drug-likeness (QED) is 0.593. The third kappa shape index (κ3) is 2.48. The first-order chi connectivity index (χ1) is 8.61. The average molecular weight is 253 g/mol. The largest absolute Gasteiger partial charge is 0.391 e. The highest BCUT2D eigenvalue weighted by Gasteiger charge is 2.26. The number of hydrogen-bond acceptors (Lipinski definition) is 7. The molecule has 1 aliphatic heterocycles. The predicted molar refractivity (Wildman–Crippen MR) is 65.7 cm³/mol. The number of rotatable bonds is 3. The van der Waals surface area contributed by atoms with Crippen LogP contribution in [0, 0.1) is 10.1 Å². The Kier molecular flexibility index (Phi) is 3.56. The van der Waals surface area contributed by atoms with Gasteiger partial charge in [-0.1, -0.05) is 0 Å². The van der Waals surface area contributed by atoms with Gasteiger partial charge in [-0.15, -0.1) is 0 Å². The van der Waals surface area contributed by atoms with Crippen molar-refractivity contribution in [2.24, 2.45) is 0 Å². The highest BCUT2D eigenvalue weighted by Crippen LogP contribution is 2.28. The molecule has 1 saturated heterocycles. The minimum atomic E-state index is -0.504. The molecular weight excluding hydrogens is 238 g/mol. The van der Waals surface area contributed by atoms with Crippen LogP contribution < -0.4 is 10.2 Å². The second kappa shape index (κ2) is 5.13. The number of nitrogens with zero attached hydrogens (tertiary/aromatic N) is 4. The van der Waals surface area contributed by atoms with E-state index < -0.39 is 11.0 Å². The fourth-order valence-corrected chi connectivity index (χ4v) is 2.00. The molecule has 1 fully saturated rings. The molecule has 0 spiro atoms. The number of β-amino-alcohol motifs (C(OH)–C–C–N with tert-alkyl or cyclic N) is 1. The Morgan fingerprint density at radius 1 is 1.67 bits per heavy atom. The molecule has 1 atom stereocenters. The molecule has 2 heterocycles. The van der Waals surface area contributed by atoms with Crippen LogP contribution in [0.5, 0.6) is 0 Å². The Balaban J connectivity index is 2.36. The molecule has 1 aliphatic rings. The van der Waals surface area contributed by atoms with Crippen LogP contribution in [0.15, 0.2) is 6.20 Å². The zero-order valence-corrected chi connectivity index (χ0v) is 10.0. The van der Waals surface area contributed by atoms with E-state index in [1.165, 1.54) is 6.20 Å². The van der Waals surface area contributed by atoms with Crippen LogP contribution in [-0.4, -0.2) is 46.2 Å². The number of aliphatic hydroxyl groups is 1. The highest BCUT2D eigenvalue weighted by molar-refractivity contribution is 5.59. The SMILES string of the molecule is CNc1ncc([N+](=O)[O-])c(N2CCCC(O)C2)n1. The van der Waals surface area contributed by atoms with Gasteiger partial charge in [-0.05, 0) is 12.8 Å². The molecule has 0 radical (unpaired) electrons. The van der Waals surface area contributed by atoms with E-state index >= 15 is 0 Å². The lowest BCUT2D eigenvalue weighted by Gasteiger charge is -2.30. The Hall–Kier alpha value is -1.96. The second-order valence-corrected chi connectivity index (χ2v) is 4.15. The summed E-state index contributed by atoms with van der Waals surface area (Å²) in [5.74, 6) is 0.591. The lowest BCUT2D eigenvalue weighted by atomic mass is 10.1. The maximum Gasteiger partial charge on any atom is 0.329 e. The van der Waals surface area contributed by atoms with Crippen molar-refractivity contribution < 1.29 is 10.0 Å². The van der Waals surface area contributed by atoms with Crippen molar-refractivity contribution in [2.75, 3.05) is 30.4 Å². The molecule has 8 heteroatoms. The first kappa shape index (κ1) is 12.5. The van der Waals surface area contributed by atoms with Crippen molar-refractivity contribution >= 4 is 17.5 Å². The predicted octanol–water partition coefficient (Wildman–Crippen LogP) is 0.388. The summed E-state index contributed by atoms with van der Waals surface area (Å²) in [5.41, 5.74) is -0.136. The van der Waals surface area contributed by atoms with Crippen LogP contribution >= 0.6 is 0 Å². The summed E-state index contributed by atoms with van der Waals surface area (Å²) in [6.45, 7) is 1.01. The van der Waals surface area contributed by atoms with E-state index in [1.807, 2.05) is 0 Å². The van der Waals surface area contributed by atoms with E-state index in [9.17, 15) is 15.2 Å².